The summed E-state index contributed by atoms with van der Waals surface area (Å²) < 4.78 is 0. The van der Waals surface area contributed by atoms with E-state index in [4.69, 9.17) is 0 Å². The number of rotatable bonds is 2. The highest BCUT2D eigenvalue weighted by atomic mass is 16.3. The molecule has 5 rings (SSSR count). The van der Waals surface area contributed by atoms with E-state index in [1.165, 1.54) is 11.1 Å². The van der Waals surface area contributed by atoms with E-state index in [2.05, 4.69) is 36.1 Å². The van der Waals surface area contributed by atoms with E-state index in [9.17, 15) is 9.90 Å². The Balaban J connectivity index is 1.57. The third kappa shape index (κ3) is 1.59. The molecule has 1 aromatic rings. The molecule has 3 saturated carbocycles. The van der Waals surface area contributed by atoms with Crippen LogP contribution in [0.2, 0.25) is 0 Å². The van der Waals surface area contributed by atoms with Gasteiger partial charge in [0, 0.05) is 6.54 Å². The minimum absolute atomic E-state index is 0.207. The third-order valence-electron chi connectivity index (χ3n) is 5.40. The fourth-order valence-corrected chi connectivity index (χ4v) is 4.50. The number of benzene rings is 1. The van der Waals surface area contributed by atoms with Crippen molar-refractivity contribution >= 4 is 5.91 Å². The van der Waals surface area contributed by atoms with Crippen LogP contribution in [0.4, 0.5) is 0 Å². The minimum atomic E-state index is -0.492. The predicted octanol–water partition coefficient (Wildman–Crippen LogP) is 2.57. The number of likely N-dealkylation sites (tertiary alicyclic amines) is 1. The summed E-state index contributed by atoms with van der Waals surface area (Å²) in [6.07, 6.45) is 4.22. The van der Waals surface area contributed by atoms with Crippen molar-refractivity contribution in [1.82, 2.24) is 4.90 Å². The Labute approximate surface area is 119 Å². The Morgan fingerprint density at radius 1 is 1.35 bits per heavy atom. The van der Waals surface area contributed by atoms with Crippen molar-refractivity contribution in [3.63, 3.8) is 0 Å². The molecule has 1 heterocycles. The van der Waals surface area contributed by atoms with E-state index in [1.54, 1.807) is 0 Å². The molecule has 3 heteroatoms. The smallest absolute Gasteiger partial charge is 0.229 e. The van der Waals surface area contributed by atoms with Gasteiger partial charge >= 0.3 is 0 Å². The molecule has 20 heavy (non-hydrogen) atoms. The maximum Gasteiger partial charge on any atom is 0.229 e. The van der Waals surface area contributed by atoms with E-state index in [-0.39, 0.29) is 17.4 Å². The van der Waals surface area contributed by atoms with Crippen LogP contribution in [-0.4, -0.2) is 28.1 Å². The number of hydrogen-bond acceptors (Lipinski definition) is 2. The van der Waals surface area contributed by atoms with Crippen molar-refractivity contribution in [1.29, 1.82) is 0 Å². The van der Waals surface area contributed by atoms with E-state index < -0.39 is 5.60 Å². The Kier molecular flexibility index (Phi) is 2.39. The molecule has 4 fully saturated rings. The average molecular weight is 271 g/mol. The summed E-state index contributed by atoms with van der Waals surface area (Å²) in [5.74, 6) is 0.289. The van der Waals surface area contributed by atoms with Gasteiger partial charge in [-0.2, -0.15) is 0 Å². The number of aryl methyl sites for hydroxylation is 1. The summed E-state index contributed by atoms with van der Waals surface area (Å²) in [6, 6.07) is 8.76. The van der Waals surface area contributed by atoms with Crippen LogP contribution in [0.15, 0.2) is 24.3 Å². The Morgan fingerprint density at radius 3 is 2.75 bits per heavy atom. The minimum Gasteiger partial charge on any atom is -0.390 e. The van der Waals surface area contributed by atoms with Crippen LogP contribution < -0.4 is 0 Å². The topological polar surface area (TPSA) is 40.5 Å². The SMILES string of the molecule is Cc1cccc(C2CCCN2C(=O)C23CC(O)(C2)C3)c1. The van der Waals surface area contributed by atoms with Crippen molar-refractivity contribution in [2.75, 3.05) is 6.54 Å². The molecule has 0 aromatic heterocycles. The van der Waals surface area contributed by atoms with Gasteiger partial charge in [-0.3, -0.25) is 4.79 Å². The Bertz CT molecular complexity index is 560. The monoisotopic (exact) mass is 271 g/mol. The predicted molar refractivity (Wildman–Crippen MR) is 76.1 cm³/mol. The highest BCUT2D eigenvalue weighted by Crippen LogP contribution is 2.68. The van der Waals surface area contributed by atoms with Crippen LogP contribution in [0.5, 0.6) is 0 Å². The lowest BCUT2D eigenvalue weighted by Gasteiger charge is -2.67. The third-order valence-corrected chi connectivity index (χ3v) is 5.40. The van der Waals surface area contributed by atoms with Gasteiger partial charge in [0.25, 0.3) is 0 Å². The second kappa shape index (κ2) is 3.85. The van der Waals surface area contributed by atoms with Gasteiger partial charge in [-0.05, 0) is 44.6 Å². The van der Waals surface area contributed by atoms with Gasteiger partial charge in [0.2, 0.25) is 5.91 Å². The van der Waals surface area contributed by atoms with Gasteiger partial charge in [0.05, 0.1) is 17.1 Å². The summed E-state index contributed by atoms with van der Waals surface area (Å²) in [5, 5.41) is 9.88. The van der Waals surface area contributed by atoms with Gasteiger partial charge in [-0.25, -0.2) is 0 Å². The molecule has 1 unspecified atom stereocenters. The lowest BCUT2D eigenvalue weighted by Crippen LogP contribution is -2.72. The van der Waals surface area contributed by atoms with Crippen LogP contribution in [0, 0.1) is 12.3 Å². The maximum absolute atomic E-state index is 12.8. The summed E-state index contributed by atoms with van der Waals surface area (Å²) in [5.41, 5.74) is 1.82. The summed E-state index contributed by atoms with van der Waals surface area (Å²) in [4.78, 5) is 14.9. The molecule has 1 aromatic carbocycles. The molecule has 1 amide bonds. The molecule has 2 bridgehead atoms. The molecular formula is C17H21NO2. The van der Waals surface area contributed by atoms with Gasteiger partial charge in [0.15, 0.2) is 0 Å². The Hall–Kier alpha value is -1.35. The molecule has 0 spiro atoms. The molecule has 1 atom stereocenters. The first kappa shape index (κ1) is 12.4. The molecule has 106 valence electrons. The number of carbonyl (C=O) groups excluding carboxylic acids is 1. The molecular weight excluding hydrogens is 250 g/mol. The van der Waals surface area contributed by atoms with Gasteiger partial charge in [0.1, 0.15) is 0 Å². The summed E-state index contributed by atoms with van der Waals surface area (Å²) in [7, 11) is 0. The fourth-order valence-electron chi connectivity index (χ4n) is 4.50. The molecule has 3 nitrogen and oxygen atoms in total. The van der Waals surface area contributed by atoms with Crippen LogP contribution in [0.3, 0.4) is 0 Å². The number of amides is 1. The number of carbonyl (C=O) groups is 1. The Morgan fingerprint density at radius 2 is 2.10 bits per heavy atom. The maximum atomic E-state index is 12.8. The first-order valence-corrected chi connectivity index (χ1v) is 7.62. The zero-order valence-corrected chi connectivity index (χ0v) is 11.9. The standard InChI is InChI=1S/C17H21NO2/c1-12-4-2-5-13(8-12)14-6-3-7-18(14)15(19)16-9-17(20,10-16)11-16/h2,4-5,8,14,20H,3,6-7,9-11H2,1H3. The van der Waals surface area contributed by atoms with E-state index >= 15 is 0 Å². The largest absolute Gasteiger partial charge is 0.390 e. The zero-order valence-electron chi connectivity index (χ0n) is 11.9. The zero-order chi connectivity index (χ0) is 14.0. The van der Waals surface area contributed by atoms with Crippen molar-refractivity contribution in [3.8, 4) is 0 Å². The van der Waals surface area contributed by atoms with E-state index in [0.717, 1.165) is 19.4 Å². The van der Waals surface area contributed by atoms with Crippen molar-refractivity contribution in [2.24, 2.45) is 5.41 Å². The molecule has 1 aliphatic heterocycles. The molecule has 4 aliphatic rings. The highest BCUT2D eigenvalue weighted by Gasteiger charge is 2.72. The summed E-state index contributed by atoms with van der Waals surface area (Å²) >= 11 is 0. The van der Waals surface area contributed by atoms with Crippen LogP contribution in [0.25, 0.3) is 0 Å². The molecule has 1 N–H and O–H groups in total. The number of hydrogen-bond donors (Lipinski definition) is 1. The van der Waals surface area contributed by atoms with E-state index in [1.807, 2.05) is 0 Å². The van der Waals surface area contributed by atoms with Crippen molar-refractivity contribution in [3.05, 3.63) is 35.4 Å². The van der Waals surface area contributed by atoms with Gasteiger partial charge in [-0.1, -0.05) is 29.8 Å². The molecule has 0 radical (unpaired) electrons. The van der Waals surface area contributed by atoms with Crippen molar-refractivity contribution in [2.45, 2.75) is 50.7 Å². The second-order valence-electron chi connectivity index (χ2n) is 7.11. The quantitative estimate of drug-likeness (QED) is 0.898. The lowest BCUT2D eigenvalue weighted by atomic mass is 9.41. The first-order valence-electron chi connectivity index (χ1n) is 7.62. The van der Waals surface area contributed by atoms with Gasteiger partial charge in [-0.15, -0.1) is 0 Å². The fraction of sp³-hybridized carbons (Fsp3) is 0.588. The average Bonchev–Trinajstić information content (AvgIpc) is 2.82. The van der Waals surface area contributed by atoms with Crippen LogP contribution in [0.1, 0.15) is 49.3 Å². The first-order chi connectivity index (χ1) is 9.51. The van der Waals surface area contributed by atoms with Crippen LogP contribution >= 0.6 is 0 Å². The number of nitrogens with zero attached hydrogens (tertiary/aromatic N) is 1. The molecule has 1 saturated heterocycles. The van der Waals surface area contributed by atoms with E-state index in [0.29, 0.717) is 19.3 Å². The van der Waals surface area contributed by atoms with Crippen LogP contribution in [-0.2, 0) is 4.79 Å². The second-order valence-corrected chi connectivity index (χ2v) is 7.11. The highest BCUT2D eigenvalue weighted by molar-refractivity contribution is 5.87. The summed E-state index contributed by atoms with van der Waals surface area (Å²) in [6.45, 7) is 2.97. The number of aliphatic hydroxyl groups is 1. The molecule has 3 aliphatic carbocycles. The normalized spacial score (nSPS) is 38.3. The van der Waals surface area contributed by atoms with Crippen molar-refractivity contribution < 1.29 is 9.90 Å². The lowest BCUT2D eigenvalue weighted by molar-refractivity contribution is -0.256. The van der Waals surface area contributed by atoms with Gasteiger partial charge < -0.3 is 10.0 Å².